The fourth-order valence-corrected chi connectivity index (χ4v) is 1.43. The molecule has 6 nitrogen and oxygen atoms in total. The van der Waals surface area contributed by atoms with Crippen molar-refractivity contribution in [3.8, 4) is 0 Å². The van der Waals surface area contributed by atoms with Crippen LogP contribution in [0.4, 0.5) is 0 Å². The third kappa shape index (κ3) is 4.69. The smallest absolute Gasteiger partial charge is 0.372 e. The number of aromatic carboxylic acids is 1. The highest BCUT2D eigenvalue weighted by Crippen LogP contribution is 2.09. The third-order valence-corrected chi connectivity index (χ3v) is 2.28. The van der Waals surface area contributed by atoms with E-state index in [1.54, 1.807) is 6.07 Å². The molecule has 6 heteroatoms. The lowest BCUT2D eigenvalue weighted by Gasteiger charge is -2.03. The molecule has 0 bridgehead atoms. The minimum Gasteiger partial charge on any atom is -0.475 e. The number of rotatable bonds is 8. The molecule has 0 aromatic carbocycles. The standard InChI is InChI=1S/C11H16N2O4/c12-9(14)3-1-2-5-13-7-8-4-6-17-10(8)11(15)16/h4,6,13H,1-3,5,7H2,(H2,12,14)(H,15,16). The molecule has 1 amide bonds. The van der Waals surface area contributed by atoms with E-state index < -0.39 is 5.97 Å². The number of carboxylic acids is 1. The molecule has 94 valence electrons. The summed E-state index contributed by atoms with van der Waals surface area (Å²) in [5.74, 6) is -1.40. The second-order valence-electron chi connectivity index (χ2n) is 3.68. The zero-order chi connectivity index (χ0) is 12.7. The zero-order valence-corrected chi connectivity index (χ0v) is 9.44. The highest BCUT2D eigenvalue weighted by atomic mass is 16.4. The number of carbonyl (C=O) groups excluding carboxylic acids is 1. The quantitative estimate of drug-likeness (QED) is 0.581. The molecule has 0 spiro atoms. The number of furan rings is 1. The minimum absolute atomic E-state index is 0.0327. The van der Waals surface area contributed by atoms with Gasteiger partial charge in [-0.25, -0.2) is 4.79 Å². The molecule has 0 saturated carbocycles. The number of hydrogen-bond acceptors (Lipinski definition) is 4. The first-order chi connectivity index (χ1) is 8.11. The monoisotopic (exact) mass is 240 g/mol. The van der Waals surface area contributed by atoms with E-state index in [2.05, 4.69) is 5.32 Å². The Labute approximate surface area is 98.8 Å². The molecular weight excluding hydrogens is 224 g/mol. The van der Waals surface area contributed by atoms with Crippen LogP contribution in [-0.4, -0.2) is 23.5 Å². The lowest BCUT2D eigenvalue weighted by Crippen LogP contribution is -2.17. The van der Waals surface area contributed by atoms with E-state index in [1.807, 2.05) is 0 Å². The maximum absolute atomic E-state index is 10.7. The van der Waals surface area contributed by atoms with Gasteiger partial charge in [0.2, 0.25) is 11.7 Å². The van der Waals surface area contributed by atoms with Crippen molar-refractivity contribution in [3.63, 3.8) is 0 Å². The first-order valence-electron chi connectivity index (χ1n) is 5.40. The molecule has 1 aromatic heterocycles. The van der Waals surface area contributed by atoms with Crippen molar-refractivity contribution >= 4 is 11.9 Å². The van der Waals surface area contributed by atoms with Gasteiger partial charge in [0, 0.05) is 18.5 Å². The van der Waals surface area contributed by atoms with Gasteiger partial charge in [-0.3, -0.25) is 4.79 Å². The van der Waals surface area contributed by atoms with Crippen LogP contribution in [0.5, 0.6) is 0 Å². The third-order valence-electron chi connectivity index (χ3n) is 2.28. The number of amides is 1. The Bertz CT molecular complexity index is 387. The van der Waals surface area contributed by atoms with Crippen molar-refractivity contribution in [2.75, 3.05) is 6.54 Å². The molecule has 0 atom stereocenters. The van der Waals surface area contributed by atoms with Crippen molar-refractivity contribution in [1.82, 2.24) is 5.32 Å². The van der Waals surface area contributed by atoms with Gasteiger partial charge in [-0.1, -0.05) is 0 Å². The predicted molar refractivity (Wildman–Crippen MR) is 60.4 cm³/mol. The van der Waals surface area contributed by atoms with Crippen LogP contribution >= 0.6 is 0 Å². The first kappa shape index (κ1) is 13.2. The van der Waals surface area contributed by atoms with Gasteiger partial charge >= 0.3 is 5.97 Å². The molecule has 0 aliphatic heterocycles. The molecule has 1 rings (SSSR count). The SMILES string of the molecule is NC(=O)CCCCNCc1ccoc1C(=O)O. The molecule has 4 N–H and O–H groups in total. The molecule has 17 heavy (non-hydrogen) atoms. The number of nitrogens with one attached hydrogen (secondary N) is 1. The van der Waals surface area contributed by atoms with E-state index in [9.17, 15) is 9.59 Å². The molecule has 1 aromatic rings. The summed E-state index contributed by atoms with van der Waals surface area (Å²) >= 11 is 0. The molecular formula is C11H16N2O4. The Morgan fingerprint density at radius 2 is 2.18 bits per heavy atom. The van der Waals surface area contributed by atoms with Gasteiger partial charge < -0.3 is 20.6 Å². The van der Waals surface area contributed by atoms with Crippen LogP contribution in [-0.2, 0) is 11.3 Å². The van der Waals surface area contributed by atoms with E-state index in [0.717, 1.165) is 12.8 Å². The first-order valence-corrected chi connectivity index (χ1v) is 5.40. The van der Waals surface area contributed by atoms with Crippen LogP contribution in [0.15, 0.2) is 16.7 Å². The number of nitrogens with two attached hydrogens (primary N) is 1. The lowest BCUT2D eigenvalue weighted by atomic mass is 10.2. The number of hydrogen-bond donors (Lipinski definition) is 3. The van der Waals surface area contributed by atoms with E-state index >= 15 is 0 Å². The average molecular weight is 240 g/mol. The van der Waals surface area contributed by atoms with Crippen LogP contribution in [0.3, 0.4) is 0 Å². The van der Waals surface area contributed by atoms with E-state index in [1.165, 1.54) is 6.26 Å². The second-order valence-corrected chi connectivity index (χ2v) is 3.68. The van der Waals surface area contributed by atoms with E-state index in [-0.39, 0.29) is 11.7 Å². The van der Waals surface area contributed by atoms with Gasteiger partial charge in [0.15, 0.2) is 0 Å². The highest BCUT2D eigenvalue weighted by Gasteiger charge is 2.12. The Balaban J connectivity index is 2.20. The maximum Gasteiger partial charge on any atom is 0.372 e. The van der Waals surface area contributed by atoms with Crippen molar-refractivity contribution in [2.45, 2.75) is 25.8 Å². The summed E-state index contributed by atoms with van der Waals surface area (Å²) < 4.78 is 4.83. The van der Waals surface area contributed by atoms with Crippen molar-refractivity contribution in [2.24, 2.45) is 5.73 Å². The fraction of sp³-hybridized carbons (Fsp3) is 0.455. The van der Waals surface area contributed by atoms with E-state index in [0.29, 0.717) is 25.1 Å². The summed E-state index contributed by atoms with van der Waals surface area (Å²) in [7, 11) is 0. The van der Waals surface area contributed by atoms with Crippen LogP contribution in [0.1, 0.15) is 35.4 Å². The average Bonchev–Trinajstić information content (AvgIpc) is 2.71. The number of primary amides is 1. The van der Waals surface area contributed by atoms with Crippen LogP contribution in [0.25, 0.3) is 0 Å². The summed E-state index contributed by atoms with van der Waals surface area (Å²) in [6, 6.07) is 1.62. The lowest BCUT2D eigenvalue weighted by molar-refractivity contribution is -0.118. The summed E-state index contributed by atoms with van der Waals surface area (Å²) in [4.78, 5) is 21.2. The van der Waals surface area contributed by atoms with Crippen molar-refractivity contribution in [3.05, 3.63) is 23.7 Å². The maximum atomic E-state index is 10.7. The molecule has 0 fully saturated rings. The Morgan fingerprint density at radius 1 is 1.41 bits per heavy atom. The molecule has 0 saturated heterocycles. The summed E-state index contributed by atoms with van der Waals surface area (Å²) in [6.07, 6.45) is 3.30. The Kier molecular flexibility index (Phi) is 5.22. The predicted octanol–water partition coefficient (Wildman–Crippen LogP) is 0.723. The van der Waals surface area contributed by atoms with Gasteiger partial charge in [-0.05, 0) is 25.5 Å². The van der Waals surface area contributed by atoms with Crippen LogP contribution in [0.2, 0.25) is 0 Å². The highest BCUT2D eigenvalue weighted by molar-refractivity contribution is 5.86. The fourth-order valence-electron chi connectivity index (χ4n) is 1.43. The molecule has 0 unspecified atom stereocenters. The normalized spacial score (nSPS) is 10.4. The summed E-state index contributed by atoms with van der Waals surface area (Å²) in [6.45, 7) is 1.15. The second kappa shape index (κ2) is 6.70. The van der Waals surface area contributed by atoms with E-state index in [4.69, 9.17) is 15.3 Å². The van der Waals surface area contributed by atoms with Crippen LogP contribution in [0, 0.1) is 0 Å². The Hall–Kier alpha value is -1.82. The zero-order valence-electron chi connectivity index (χ0n) is 9.44. The topological polar surface area (TPSA) is 106 Å². The summed E-state index contributed by atoms with van der Waals surface area (Å²) in [5, 5.41) is 11.9. The van der Waals surface area contributed by atoms with Gasteiger partial charge in [0.1, 0.15) is 0 Å². The van der Waals surface area contributed by atoms with Gasteiger partial charge in [-0.15, -0.1) is 0 Å². The number of carbonyl (C=O) groups is 2. The largest absolute Gasteiger partial charge is 0.475 e. The molecule has 0 aliphatic carbocycles. The summed E-state index contributed by atoms with van der Waals surface area (Å²) in [5.41, 5.74) is 5.62. The molecule has 0 radical (unpaired) electrons. The number of carboxylic acid groups (broad SMARTS) is 1. The van der Waals surface area contributed by atoms with Gasteiger partial charge in [0.25, 0.3) is 0 Å². The van der Waals surface area contributed by atoms with Crippen molar-refractivity contribution < 1.29 is 19.1 Å². The van der Waals surface area contributed by atoms with Gasteiger partial charge in [0.05, 0.1) is 6.26 Å². The van der Waals surface area contributed by atoms with Crippen molar-refractivity contribution in [1.29, 1.82) is 0 Å². The van der Waals surface area contributed by atoms with Crippen LogP contribution < -0.4 is 11.1 Å². The van der Waals surface area contributed by atoms with Gasteiger partial charge in [-0.2, -0.15) is 0 Å². The Morgan fingerprint density at radius 3 is 2.82 bits per heavy atom. The molecule has 0 aliphatic rings. The minimum atomic E-state index is -1.07. The molecule has 1 heterocycles. The number of unbranched alkanes of at least 4 members (excludes halogenated alkanes) is 1.